The Morgan fingerprint density at radius 1 is 1.37 bits per heavy atom. The average molecular weight is 262 g/mol. The zero-order valence-corrected chi connectivity index (χ0v) is 11.6. The van der Waals surface area contributed by atoms with E-state index in [1.165, 1.54) is 5.56 Å². The Balaban J connectivity index is 1.77. The molecule has 0 aliphatic carbocycles. The summed E-state index contributed by atoms with van der Waals surface area (Å²) in [6, 6.07) is 7.77. The number of rotatable bonds is 4. The molecule has 0 spiro atoms. The number of hydrogen-bond donors (Lipinski definition) is 2. The first-order valence-corrected chi connectivity index (χ1v) is 6.91. The summed E-state index contributed by atoms with van der Waals surface area (Å²) in [6.07, 6.45) is 2.29. The van der Waals surface area contributed by atoms with Gasteiger partial charge in [-0.3, -0.25) is 0 Å². The Morgan fingerprint density at radius 3 is 2.68 bits per heavy atom. The molecule has 19 heavy (non-hydrogen) atoms. The van der Waals surface area contributed by atoms with E-state index in [0.717, 1.165) is 25.1 Å². The van der Waals surface area contributed by atoms with Crippen molar-refractivity contribution in [3.8, 4) is 0 Å². The molecule has 0 saturated carbocycles. The number of urea groups is 1. The van der Waals surface area contributed by atoms with E-state index < -0.39 is 0 Å². The van der Waals surface area contributed by atoms with Gasteiger partial charge in [0, 0.05) is 18.8 Å². The van der Waals surface area contributed by atoms with Crippen LogP contribution in [0.15, 0.2) is 24.3 Å². The van der Waals surface area contributed by atoms with Crippen LogP contribution in [0.3, 0.4) is 0 Å². The molecule has 104 valence electrons. The molecule has 0 unspecified atom stereocenters. The number of amides is 2. The van der Waals surface area contributed by atoms with Crippen molar-refractivity contribution in [2.45, 2.75) is 38.7 Å². The SMILES string of the molecule is CC(C)c1ccc(NC(=O)NC[C@@H]2CCCO2)cc1. The lowest BCUT2D eigenvalue weighted by atomic mass is 10.0. The molecule has 2 amide bonds. The maximum Gasteiger partial charge on any atom is 0.319 e. The number of hydrogen-bond acceptors (Lipinski definition) is 2. The molecule has 4 heteroatoms. The van der Waals surface area contributed by atoms with Crippen molar-refractivity contribution in [3.05, 3.63) is 29.8 Å². The third-order valence-corrected chi connectivity index (χ3v) is 3.35. The molecule has 1 atom stereocenters. The lowest BCUT2D eigenvalue weighted by molar-refractivity contribution is 0.112. The first kappa shape index (κ1) is 13.9. The second-order valence-corrected chi connectivity index (χ2v) is 5.25. The van der Waals surface area contributed by atoms with Crippen molar-refractivity contribution in [2.24, 2.45) is 0 Å². The molecule has 1 saturated heterocycles. The van der Waals surface area contributed by atoms with Crippen LogP contribution in [-0.4, -0.2) is 25.3 Å². The quantitative estimate of drug-likeness (QED) is 0.876. The third-order valence-electron chi connectivity index (χ3n) is 3.35. The van der Waals surface area contributed by atoms with Gasteiger partial charge in [-0.1, -0.05) is 26.0 Å². The monoisotopic (exact) mass is 262 g/mol. The highest BCUT2D eigenvalue weighted by molar-refractivity contribution is 5.89. The van der Waals surface area contributed by atoms with Gasteiger partial charge in [0.15, 0.2) is 0 Å². The summed E-state index contributed by atoms with van der Waals surface area (Å²) < 4.78 is 5.45. The van der Waals surface area contributed by atoms with Crippen molar-refractivity contribution < 1.29 is 9.53 Å². The van der Waals surface area contributed by atoms with Crippen LogP contribution in [0.1, 0.15) is 38.2 Å². The van der Waals surface area contributed by atoms with Crippen molar-refractivity contribution in [3.63, 3.8) is 0 Å². The zero-order chi connectivity index (χ0) is 13.7. The Hall–Kier alpha value is -1.55. The van der Waals surface area contributed by atoms with Gasteiger partial charge in [-0.25, -0.2) is 4.79 Å². The standard InChI is InChI=1S/C15H22N2O2/c1-11(2)12-5-7-13(8-6-12)17-15(18)16-10-14-4-3-9-19-14/h5-8,11,14H,3-4,9-10H2,1-2H3,(H2,16,17,18)/t14-/m0/s1. The molecule has 4 nitrogen and oxygen atoms in total. The summed E-state index contributed by atoms with van der Waals surface area (Å²) in [5, 5.41) is 5.66. The van der Waals surface area contributed by atoms with E-state index in [1.807, 2.05) is 24.3 Å². The molecule has 1 aromatic rings. The normalized spacial score (nSPS) is 18.6. The van der Waals surface area contributed by atoms with E-state index in [0.29, 0.717) is 12.5 Å². The Bertz CT molecular complexity index is 409. The first-order valence-electron chi connectivity index (χ1n) is 6.91. The summed E-state index contributed by atoms with van der Waals surface area (Å²) in [6.45, 7) is 5.69. The number of carbonyl (C=O) groups is 1. The van der Waals surface area contributed by atoms with Gasteiger partial charge in [-0.2, -0.15) is 0 Å². The second-order valence-electron chi connectivity index (χ2n) is 5.25. The minimum atomic E-state index is -0.173. The highest BCUT2D eigenvalue weighted by Crippen LogP contribution is 2.17. The summed E-state index contributed by atoms with van der Waals surface area (Å²) in [4.78, 5) is 11.7. The average Bonchev–Trinajstić information content (AvgIpc) is 2.90. The largest absolute Gasteiger partial charge is 0.376 e. The highest BCUT2D eigenvalue weighted by Gasteiger charge is 2.15. The first-order chi connectivity index (χ1) is 9.15. The van der Waals surface area contributed by atoms with Crippen LogP contribution < -0.4 is 10.6 Å². The third kappa shape index (κ3) is 4.24. The van der Waals surface area contributed by atoms with Crippen molar-refractivity contribution >= 4 is 11.7 Å². The summed E-state index contributed by atoms with van der Waals surface area (Å²) in [5.41, 5.74) is 2.08. The van der Waals surface area contributed by atoms with Gasteiger partial charge in [-0.05, 0) is 36.5 Å². The van der Waals surface area contributed by atoms with Crippen molar-refractivity contribution in [2.75, 3.05) is 18.5 Å². The molecule has 2 N–H and O–H groups in total. The van der Waals surface area contributed by atoms with E-state index in [2.05, 4.69) is 24.5 Å². The highest BCUT2D eigenvalue weighted by atomic mass is 16.5. The fraction of sp³-hybridized carbons (Fsp3) is 0.533. The van der Waals surface area contributed by atoms with Gasteiger partial charge < -0.3 is 15.4 Å². The lowest BCUT2D eigenvalue weighted by Gasteiger charge is -2.12. The smallest absolute Gasteiger partial charge is 0.319 e. The van der Waals surface area contributed by atoms with E-state index >= 15 is 0 Å². The van der Waals surface area contributed by atoms with Crippen LogP contribution in [0, 0.1) is 0 Å². The fourth-order valence-corrected chi connectivity index (χ4v) is 2.14. The van der Waals surface area contributed by atoms with Gasteiger partial charge >= 0.3 is 6.03 Å². The summed E-state index contributed by atoms with van der Waals surface area (Å²) in [5.74, 6) is 0.502. The van der Waals surface area contributed by atoms with Crippen LogP contribution in [0.25, 0.3) is 0 Å². The Morgan fingerprint density at radius 2 is 2.11 bits per heavy atom. The molecule has 0 aromatic heterocycles. The minimum absolute atomic E-state index is 0.173. The topological polar surface area (TPSA) is 50.4 Å². The maximum atomic E-state index is 11.7. The number of nitrogens with one attached hydrogen (secondary N) is 2. The molecule has 0 bridgehead atoms. The molecular formula is C15H22N2O2. The van der Waals surface area contributed by atoms with Gasteiger partial charge in [0.1, 0.15) is 0 Å². The van der Waals surface area contributed by atoms with Gasteiger partial charge in [-0.15, -0.1) is 0 Å². The molecule has 1 aliphatic heterocycles. The van der Waals surface area contributed by atoms with E-state index in [-0.39, 0.29) is 12.1 Å². The molecule has 2 rings (SSSR count). The Kier molecular flexibility index (Phi) is 4.80. The maximum absolute atomic E-state index is 11.7. The number of benzene rings is 1. The predicted octanol–water partition coefficient (Wildman–Crippen LogP) is 3.11. The van der Waals surface area contributed by atoms with Crippen LogP contribution in [-0.2, 0) is 4.74 Å². The van der Waals surface area contributed by atoms with Gasteiger partial charge in [0.05, 0.1) is 6.10 Å². The van der Waals surface area contributed by atoms with Crippen LogP contribution in [0.5, 0.6) is 0 Å². The van der Waals surface area contributed by atoms with E-state index in [1.54, 1.807) is 0 Å². The number of anilines is 1. The van der Waals surface area contributed by atoms with Crippen LogP contribution in [0.4, 0.5) is 10.5 Å². The predicted molar refractivity (Wildman–Crippen MR) is 76.5 cm³/mol. The lowest BCUT2D eigenvalue weighted by Crippen LogP contribution is -2.35. The van der Waals surface area contributed by atoms with Crippen molar-refractivity contribution in [1.82, 2.24) is 5.32 Å². The molecule has 1 fully saturated rings. The molecule has 1 aromatic carbocycles. The number of ether oxygens (including phenoxy) is 1. The van der Waals surface area contributed by atoms with Gasteiger partial charge in [0.2, 0.25) is 0 Å². The fourth-order valence-electron chi connectivity index (χ4n) is 2.14. The molecular weight excluding hydrogens is 240 g/mol. The minimum Gasteiger partial charge on any atom is -0.376 e. The Labute approximate surface area is 114 Å². The van der Waals surface area contributed by atoms with E-state index in [9.17, 15) is 4.79 Å². The summed E-state index contributed by atoms with van der Waals surface area (Å²) >= 11 is 0. The van der Waals surface area contributed by atoms with E-state index in [4.69, 9.17) is 4.74 Å². The summed E-state index contributed by atoms with van der Waals surface area (Å²) in [7, 11) is 0. The van der Waals surface area contributed by atoms with Crippen LogP contribution in [0.2, 0.25) is 0 Å². The number of carbonyl (C=O) groups excluding carboxylic acids is 1. The van der Waals surface area contributed by atoms with Crippen LogP contribution >= 0.6 is 0 Å². The zero-order valence-electron chi connectivity index (χ0n) is 11.6. The second kappa shape index (κ2) is 6.57. The van der Waals surface area contributed by atoms with Gasteiger partial charge in [0.25, 0.3) is 0 Å². The molecule has 1 heterocycles. The molecule has 1 aliphatic rings. The molecule has 0 radical (unpaired) electrons. The van der Waals surface area contributed by atoms with Crippen molar-refractivity contribution in [1.29, 1.82) is 0 Å².